The van der Waals surface area contributed by atoms with Gasteiger partial charge < -0.3 is 9.45 Å². The van der Waals surface area contributed by atoms with E-state index >= 15 is 0 Å². The third-order valence-electron chi connectivity index (χ3n) is 5.05. The number of para-hydroxylation sites is 1. The zero-order chi connectivity index (χ0) is 20.6. The van der Waals surface area contributed by atoms with Gasteiger partial charge in [-0.15, -0.1) is 0 Å². The van der Waals surface area contributed by atoms with Gasteiger partial charge in [0, 0.05) is 40.8 Å². The van der Waals surface area contributed by atoms with Crippen LogP contribution in [0.25, 0.3) is 17.0 Å². The third kappa shape index (κ3) is 4.32. The van der Waals surface area contributed by atoms with Crippen molar-refractivity contribution in [3.05, 3.63) is 70.9 Å². The van der Waals surface area contributed by atoms with E-state index < -0.39 is 10.1 Å². The van der Waals surface area contributed by atoms with E-state index in [0.717, 1.165) is 26.8 Å². The van der Waals surface area contributed by atoms with Crippen molar-refractivity contribution in [2.24, 2.45) is 7.05 Å². The van der Waals surface area contributed by atoms with E-state index in [0.29, 0.717) is 13.0 Å². The molecule has 0 N–H and O–H groups in total. The molecule has 0 unspecified atom stereocenters. The maximum atomic E-state index is 11.0. The number of pyridine rings is 1. The number of aromatic nitrogens is 1. The standard InChI is InChI=1S/C22H22N2O3S2/c1-16-8-11-19-17(14-16)9-10-18(23(19)2)15-22-24(12-5-13-29(25,26)27)20-6-3-4-7-21(20)28-22/h3-4,6-11,14-15H,5,12-13H2,1-2H3. The largest absolute Gasteiger partial charge is 0.748 e. The van der Waals surface area contributed by atoms with Gasteiger partial charge in [-0.05, 0) is 37.6 Å². The van der Waals surface area contributed by atoms with Crippen LogP contribution in [0.2, 0.25) is 0 Å². The molecular weight excluding hydrogens is 404 g/mol. The first-order chi connectivity index (χ1) is 13.8. The maximum absolute atomic E-state index is 11.0. The Labute approximate surface area is 175 Å². The molecule has 29 heavy (non-hydrogen) atoms. The fraction of sp³-hybridized carbons (Fsp3) is 0.227. The Bertz CT molecular complexity index is 1220. The van der Waals surface area contributed by atoms with Gasteiger partial charge in [-0.1, -0.05) is 35.5 Å². The van der Waals surface area contributed by atoms with Crippen LogP contribution in [0.3, 0.4) is 0 Å². The van der Waals surface area contributed by atoms with Crippen molar-refractivity contribution < 1.29 is 17.5 Å². The summed E-state index contributed by atoms with van der Waals surface area (Å²) in [4.78, 5) is 3.23. The van der Waals surface area contributed by atoms with Crippen LogP contribution in [0.1, 0.15) is 17.7 Å². The lowest BCUT2D eigenvalue weighted by Gasteiger charge is -2.20. The van der Waals surface area contributed by atoms with Crippen LogP contribution in [0.5, 0.6) is 0 Å². The summed E-state index contributed by atoms with van der Waals surface area (Å²) >= 11 is 1.66. The lowest BCUT2D eigenvalue weighted by Crippen LogP contribution is -2.33. The van der Waals surface area contributed by atoms with E-state index in [1.165, 1.54) is 10.9 Å². The van der Waals surface area contributed by atoms with Crippen LogP contribution < -0.4 is 9.47 Å². The highest BCUT2D eigenvalue weighted by molar-refractivity contribution is 8.03. The van der Waals surface area contributed by atoms with E-state index in [2.05, 4.69) is 58.9 Å². The van der Waals surface area contributed by atoms with Gasteiger partial charge in [0.05, 0.1) is 20.8 Å². The zero-order valence-electron chi connectivity index (χ0n) is 16.3. The number of thioether (sulfide) groups is 1. The van der Waals surface area contributed by atoms with Crippen molar-refractivity contribution >= 4 is 44.5 Å². The minimum absolute atomic E-state index is 0.293. The summed E-state index contributed by atoms with van der Waals surface area (Å²) in [7, 11) is -2.16. The molecule has 0 atom stereocenters. The quantitative estimate of drug-likeness (QED) is 0.458. The fourth-order valence-electron chi connectivity index (χ4n) is 3.60. The molecule has 0 saturated carbocycles. The number of benzene rings is 2. The highest BCUT2D eigenvalue weighted by atomic mass is 32.2. The summed E-state index contributed by atoms with van der Waals surface area (Å²) in [5.74, 6) is -0.354. The Morgan fingerprint density at radius 3 is 2.72 bits per heavy atom. The number of hydrogen-bond donors (Lipinski definition) is 0. The van der Waals surface area contributed by atoms with E-state index in [-0.39, 0.29) is 5.75 Å². The van der Waals surface area contributed by atoms with Gasteiger partial charge >= 0.3 is 0 Å². The molecule has 7 heteroatoms. The van der Waals surface area contributed by atoms with Crippen molar-refractivity contribution in [2.45, 2.75) is 18.2 Å². The lowest BCUT2D eigenvalue weighted by atomic mass is 10.1. The average Bonchev–Trinajstić information content (AvgIpc) is 3.00. The summed E-state index contributed by atoms with van der Waals surface area (Å²) < 4.78 is 35.2. The maximum Gasteiger partial charge on any atom is 0.212 e. The highest BCUT2D eigenvalue weighted by Crippen LogP contribution is 2.46. The van der Waals surface area contributed by atoms with Gasteiger partial charge in [-0.3, -0.25) is 0 Å². The Hall–Kier alpha value is -2.35. The lowest BCUT2D eigenvalue weighted by molar-refractivity contribution is -0.646. The van der Waals surface area contributed by atoms with Gasteiger partial charge in [-0.2, -0.15) is 4.57 Å². The van der Waals surface area contributed by atoms with Crippen molar-refractivity contribution in [2.75, 3.05) is 17.2 Å². The minimum atomic E-state index is -4.21. The number of rotatable bonds is 5. The first kappa shape index (κ1) is 19.9. The Kier molecular flexibility index (Phi) is 5.38. The summed E-state index contributed by atoms with van der Waals surface area (Å²) in [6.45, 7) is 2.56. The first-order valence-corrected chi connectivity index (χ1v) is 11.8. The smallest absolute Gasteiger partial charge is 0.212 e. The molecule has 0 aliphatic carbocycles. The molecule has 3 aromatic rings. The molecule has 1 aliphatic heterocycles. The molecule has 4 rings (SSSR count). The van der Waals surface area contributed by atoms with E-state index in [1.54, 1.807) is 11.8 Å². The highest BCUT2D eigenvalue weighted by Gasteiger charge is 2.26. The van der Waals surface area contributed by atoms with Gasteiger partial charge in [0.25, 0.3) is 0 Å². The summed E-state index contributed by atoms with van der Waals surface area (Å²) in [6.07, 6.45) is 2.41. The summed E-state index contributed by atoms with van der Waals surface area (Å²) in [5.41, 5.74) is 4.48. The molecule has 1 aliphatic rings. The van der Waals surface area contributed by atoms with Crippen molar-refractivity contribution in [3.8, 4) is 0 Å². The Morgan fingerprint density at radius 2 is 1.93 bits per heavy atom. The van der Waals surface area contributed by atoms with E-state index in [9.17, 15) is 13.0 Å². The van der Waals surface area contributed by atoms with Crippen LogP contribution in [-0.2, 0) is 17.2 Å². The molecule has 0 bridgehead atoms. The van der Waals surface area contributed by atoms with Crippen molar-refractivity contribution in [1.29, 1.82) is 0 Å². The normalized spacial score (nSPS) is 15.3. The molecule has 0 radical (unpaired) electrons. The summed E-state index contributed by atoms with van der Waals surface area (Å²) in [6, 6.07) is 18.7. The second-order valence-corrected chi connectivity index (χ2v) is 9.78. The minimum Gasteiger partial charge on any atom is -0.748 e. The molecule has 2 aromatic carbocycles. The zero-order valence-corrected chi connectivity index (χ0v) is 18.0. The van der Waals surface area contributed by atoms with Crippen LogP contribution in [0, 0.1) is 6.92 Å². The molecule has 5 nitrogen and oxygen atoms in total. The topological polar surface area (TPSA) is 64.3 Å². The van der Waals surface area contributed by atoms with Gasteiger partial charge in [-0.25, -0.2) is 8.42 Å². The van der Waals surface area contributed by atoms with E-state index in [4.69, 9.17) is 0 Å². The van der Waals surface area contributed by atoms with Crippen LogP contribution in [0.4, 0.5) is 5.69 Å². The molecule has 0 saturated heterocycles. The first-order valence-electron chi connectivity index (χ1n) is 9.41. The second-order valence-electron chi connectivity index (χ2n) is 7.20. The predicted octanol–water partition coefficient (Wildman–Crippen LogP) is 3.82. The molecule has 2 heterocycles. The van der Waals surface area contributed by atoms with E-state index in [1.807, 2.05) is 25.2 Å². The number of aryl methyl sites for hydroxylation is 2. The van der Waals surface area contributed by atoms with Crippen molar-refractivity contribution in [3.63, 3.8) is 0 Å². The number of nitrogens with zero attached hydrogens (tertiary/aromatic N) is 2. The number of anilines is 1. The van der Waals surface area contributed by atoms with Gasteiger partial charge in [0.2, 0.25) is 11.2 Å². The molecule has 1 aromatic heterocycles. The van der Waals surface area contributed by atoms with Gasteiger partial charge in [0.15, 0.2) is 0 Å². The SMILES string of the molecule is Cc1ccc2c(ccc(C=C3Sc4ccccc4N3CCCS(=O)(=O)[O-])[n+]2C)c1. The van der Waals surface area contributed by atoms with Crippen LogP contribution in [0.15, 0.2) is 64.5 Å². The van der Waals surface area contributed by atoms with Gasteiger partial charge in [0.1, 0.15) is 7.05 Å². The third-order valence-corrected chi connectivity index (χ3v) is 6.95. The van der Waals surface area contributed by atoms with Crippen LogP contribution in [-0.4, -0.2) is 25.3 Å². The molecular formula is C22H22N2O3S2. The number of hydrogen-bond acceptors (Lipinski definition) is 5. The molecule has 0 fully saturated rings. The monoisotopic (exact) mass is 426 g/mol. The van der Waals surface area contributed by atoms with Crippen molar-refractivity contribution in [1.82, 2.24) is 0 Å². The Morgan fingerprint density at radius 1 is 1.14 bits per heavy atom. The molecule has 150 valence electrons. The van der Waals surface area contributed by atoms with Crippen LogP contribution >= 0.6 is 11.8 Å². The average molecular weight is 427 g/mol. The molecule has 0 amide bonds. The predicted molar refractivity (Wildman–Crippen MR) is 117 cm³/mol. The summed E-state index contributed by atoms with van der Waals surface area (Å²) in [5, 5.41) is 2.21. The number of fused-ring (bicyclic) bond motifs is 2. The molecule has 0 spiro atoms. The second kappa shape index (κ2) is 7.82. The Balaban J connectivity index is 1.70. The fourth-order valence-corrected chi connectivity index (χ4v) is 5.22.